The molecule has 0 radical (unpaired) electrons. The Balaban J connectivity index is 4.49. The van der Waals surface area contributed by atoms with Gasteiger partial charge in [0.1, 0.15) is 0 Å². The zero-order chi connectivity index (χ0) is 13.8. The first-order valence-electron chi connectivity index (χ1n) is 7.26. The summed E-state index contributed by atoms with van der Waals surface area (Å²) in [5.41, 5.74) is 0. The lowest BCUT2D eigenvalue weighted by Gasteiger charge is -2.30. The molecule has 0 N–H and O–H groups in total. The van der Waals surface area contributed by atoms with Gasteiger partial charge in [-0.1, -0.05) is 46.6 Å². The van der Waals surface area contributed by atoms with Gasteiger partial charge in [0.15, 0.2) is 6.23 Å². The van der Waals surface area contributed by atoms with Crippen LogP contribution in [0, 0.1) is 0 Å². The topological polar surface area (TPSA) is 29.5 Å². The third-order valence-corrected chi connectivity index (χ3v) is 2.96. The van der Waals surface area contributed by atoms with Gasteiger partial charge in [-0.05, 0) is 19.3 Å². The minimum absolute atomic E-state index is 0.0846. The largest absolute Gasteiger partial charge is 0.443 e. The summed E-state index contributed by atoms with van der Waals surface area (Å²) in [5.74, 6) is -0.313. The van der Waals surface area contributed by atoms with Gasteiger partial charge in [0.05, 0.1) is 0 Å². The van der Waals surface area contributed by atoms with Crippen LogP contribution in [0.5, 0.6) is 0 Å². The Morgan fingerprint density at radius 1 is 1.17 bits per heavy atom. The number of carbonyl (C=O) groups excluding carboxylic acids is 1. The second-order valence-corrected chi connectivity index (χ2v) is 4.63. The fraction of sp³-hybridized carbons (Fsp3) is 0.800. The molecule has 18 heavy (non-hydrogen) atoms. The van der Waals surface area contributed by atoms with E-state index in [4.69, 9.17) is 4.74 Å². The van der Waals surface area contributed by atoms with E-state index in [1.165, 1.54) is 6.08 Å². The molecular formula is C15H29NO2. The third kappa shape index (κ3) is 7.49. The van der Waals surface area contributed by atoms with Crippen LogP contribution in [0.1, 0.15) is 59.3 Å². The molecule has 3 nitrogen and oxygen atoms in total. The molecule has 0 spiro atoms. The van der Waals surface area contributed by atoms with Gasteiger partial charge < -0.3 is 4.74 Å². The smallest absolute Gasteiger partial charge is 0.331 e. The summed E-state index contributed by atoms with van der Waals surface area (Å²) >= 11 is 0. The Bertz CT molecular complexity index is 221. The summed E-state index contributed by atoms with van der Waals surface area (Å²) in [6, 6.07) is 0. The van der Waals surface area contributed by atoms with Gasteiger partial charge in [-0.25, -0.2) is 4.79 Å². The van der Waals surface area contributed by atoms with Crippen molar-refractivity contribution in [1.82, 2.24) is 4.90 Å². The van der Waals surface area contributed by atoms with Crippen molar-refractivity contribution in [3.8, 4) is 0 Å². The Morgan fingerprint density at radius 2 is 1.72 bits per heavy atom. The lowest BCUT2D eigenvalue weighted by Crippen LogP contribution is -2.39. The van der Waals surface area contributed by atoms with Gasteiger partial charge in [0.2, 0.25) is 0 Å². The first kappa shape index (κ1) is 17.2. The van der Waals surface area contributed by atoms with Gasteiger partial charge in [0.25, 0.3) is 0 Å². The molecule has 0 aliphatic rings. The molecule has 0 aromatic carbocycles. The van der Waals surface area contributed by atoms with Crippen LogP contribution in [0.4, 0.5) is 0 Å². The van der Waals surface area contributed by atoms with E-state index in [2.05, 4.69) is 32.3 Å². The van der Waals surface area contributed by atoms with E-state index in [0.29, 0.717) is 0 Å². The molecule has 3 heteroatoms. The number of hydrogen-bond donors (Lipinski definition) is 0. The van der Waals surface area contributed by atoms with Crippen molar-refractivity contribution in [1.29, 1.82) is 0 Å². The van der Waals surface area contributed by atoms with E-state index in [1.54, 1.807) is 0 Å². The maximum absolute atomic E-state index is 11.4. The molecule has 0 bridgehead atoms. The van der Waals surface area contributed by atoms with Crippen molar-refractivity contribution in [2.45, 2.75) is 65.5 Å². The fourth-order valence-corrected chi connectivity index (χ4v) is 1.87. The summed E-state index contributed by atoms with van der Waals surface area (Å²) in [4.78, 5) is 13.7. The standard InChI is InChI=1S/C15H29NO2/c1-5-9-12-16(13-10-6-2)14(11-7-3)18-15(17)8-4/h8,14H,4-7,9-13H2,1-3H3. The van der Waals surface area contributed by atoms with Crippen LogP contribution in [0.3, 0.4) is 0 Å². The molecule has 0 aliphatic heterocycles. The molecule has 0 saturated carbocycles. The summed E-state index contributed by atoms with van der Waals surface area (Å²) in [6.07, 6.45) is 7.70. The molecule has 0 rings (SSSR count). The van der Waals surface area contributed by atoms with Crippen molar-refractivity contribution >= 4 is 5.97 Å². The molecule has 0 saturated heterocycles. The van der Waals surface area contributed by atoms with Gasteiger partial charge >= 0.3 is 5.97 Å². The summed E-state index contributed by atoms with van der Waals surface area (Å²) in [6.45, 7) is 12.0. The van der Waals surface area contributed by atoms with E-state index in [-0.39, 0.29) is 12.2 Å². The van der Waals surface area contributed by atoms with E-state index in [1.807, 2.05) is 0 Å². The van der Waals surface area contributed by atoms with Crippen LogP contribution in [-0.2, 0) is 9.53 Å². The zero-order valence-corrected chi connectivity index (χ0v) is 12.3. The fourth-order valence-electron chi connectivity index (χ4n) is 1.87. The predicted molar refractivity (Wildman–Crippen MR) is 76.4 cm³/mol. The summed E-state index contributed by atoms with van der Waals surface area (Å²) in [5, 5.41) is 0. The second-order valence-electron chi connectivity index (χ2n) is 4.63. The van der Waals surface area contributed by atoms with E-state index >= 15 is 0 Å². The second kappa shape index (κ2) is 11.3. The Hall–Kier alpha value is -0.830. The molecule has 1 atom stereocenters. The molecular weight excluding hydrogens is 226 g/mol. The van der Waals surface area contributed by atoms with Gasteiger partial charge in [0, 0.05) is 19.2 Å². The monoisotopic (exact) mass is 255 g/mol. The van der Waals surface area contributed by atoms with Crippen LogP contribution in [0.2, 0.25) is 0 Å². The number of unbranched alkanes of at least 4 members (excludes halogenated alkanes) is 2. The normalized spacial score (nSPS) is 12.4. The summed E-state index contributed by atoms with van der Waals surface area (Å²) in [7, 11) is 0. The van der Waals surface area contributed by atoms with Crippen molar-refractivity contribution in [2.75, 3.05) is 13.1 Å². The first-order chi connectivity index (χ1) is 8.69. The molecule has 0 amide bonds. The molecule has 1 unspecified atom stereocenters. The third-order valence-electron chi connectivity index (χ3n) is 2.96. The predicted octanol–water partition coefficient (Wildman–Crippen LogP) is 3.74. The van der Waals surface area contributed by atoms with Gasteiger partial charge in [-0.2, -0.15) is 0 Å². The number of carbonyl (C=O) groups is 1. The lowest BCUT2D eigenvalue weighted by molar-refractivity contribution is -0.154. The SMILES string of the molecule is C=CC(=O)OC(CCC)N(CCCC)CCCC. The molecule has 106 valence electrons. The molecule has 0 aliphatic carbocycles. The van der Waals surface area contributed by atoms with E-state index in [0.717, 1.165) is 51.6 Å². The molecule has 0 heterocycles. The summed E-state index contributed by atoms with van der Waals surface area (Å²) < 4.78 is 5.47. The van der Waals surface area contributed by atoms with E-state index in [9.17, 15) is 4.79 Å². The number of ether oxygens (including phenoxy) is 1. The zero-order valence-electron chi connectivity index (χ0n) is 12.3. The first-order valence-corrected chi connectivity index (χ1v) is 7.26. The maximum Gasteiger partial charge on any atom is 0.331 e. The van der Waals surface area contributed by atoms with Crippen molar-refractivity contribution < 1.29 is 9.53 Å². The molecule has 0 aromatic heterocycles. The highest BCUT2D eigenvalue weighted by Gasteiger charge is 2.19. The Kier molecular flexibility index (Phi) is 10.8. The number of hydrogen-bond acceptors (Lipinski definition) is 3. The van der Waals surface area contributed by atoms with Crippen LogP contribution in [0.25, 0.3) is 0 Å². The number of rotatable bonds is 11. The quantitative estimate of drug-likeness (QED) is 0.320. The average molecular weight is 255 g/mol. The minimum Gasteiger partial charge on any atom is -0.443 e. The van der Waals surface area contributed by atoms with Crippen molar-refractivity contribution in [2.24, 2.45) is 0 Å². The molecule has 0 fully saturated rings. The van der Waals surface area contributed by atoms with Gasteiger partial charge in [-0.15, -0.1) is 0 Å². The van der Waals surface area contributed by atoms with Gasteiger partial charge in [-0.3, -0.25) is 4.90 Å². The van der Waals surface area contributed by atoms with Crippen molar-refractivity contribution in [3.63, 3.8) is 0 Å². The van der Waals surface area contributed by atoms with Crippen LogP contribution in [-0.4, -0.2) is 30.2 Å². The average Bonchev–Trinajstić information content (AvgIpc) is 2.38. The Morgan fingerprint density at radius 3 is 2.11 bits per heavy atom. The lowest BCUT2D eigenvalue weighted by atomic mass is 10.2. The highest BCUT2D eigenvalue weighted by atomic mass is 16.6. The highest BCUT2D eigenvalue weighted by Crippen LogP contribution is 2.12. The van der Waals surface area contributed by atoms with Crippen LogP contribution < -0.4 is 0 Å². The van der Waals surface area contributed by atoms with Crippen LogP contribution >= 0.6 is 0 Å². The maximum atomic E-state index is 11.4. The van der Waals surface area contributed by atoms with Crippen molar-refractivity contribution in [3.05, 3.63) is 12.7 Å². The number of nitrogens with zero attached hydrogens (tertiary/aromatic N) is 1. The molecule has 0 aromatic rings. The van der Waals surface area contributed by atoms with E-state index < -0.39 is 0 Å². The Labute approximate surface area is 112 Å². The minimum atomic E-state index is -0.313. The highest BCUT2D eigenvalue weighted by molar-refractivity contribution is 5.81. The number of esters is 1. The van der Waals surface area contributed by atoms with Crippen LogP contribution in [0.15, 0.2) is 12.7 Å².